The van der Waals surface area contributed by atoms with Crippen LogP contribution in [0.4, 0.5) is 0 Å². The van der Waals surface area contributed by atoms with Gasteiger partial charge in [0.25, 0.3) is 5.91 Å². The molecule has 21 heavy (non-hydrogen) atoms. The second-order valence-electron chi connectivity index (χ2n) is 6.00. The second kappa shape index (κ2) is 7.02. The van der Waals surface area contributed by atoms with Gasteiger partial charge in [0.05, 0.1) is 6.10 Å². The second-order valence-corrected chi connectivity index (χ2v) is 6.00. The van der Waals surface area contributed by atoms with E-state index in [9.17, 15) is 9.90 Å². The van der Waals surface area contributed by atoms with E-state index in [0.717, 1.165) is 18.5 Å². The third-order valence-electron chi connectivity index (χ3n) is 3.86. The predicted molar refractivity (Wildman–Crippen MR) is 83.2 cm³/mol. The molecule has 0 spiro atoms. The van der Waals surface area contributed by atoms with Gasteiger partial charge in [-0.15, -0.1) is 0 Å². The predicted octanol–water partition coefficient (Wildman–Crippen LogP) is 0.325. The summed E-state index contributed by atoms with van der Waals surface area (Å²) in [6.07, 6.45) is 1.05. The zero-order valence-corrected chi connectivity index (χ0v) is 12.8. The molecule has 1 aliphatic heterocycles. The van der Waals surface area contributed by atoms with E-state index in [4.69, 9.17) is 5.73 Å². The van der Waals surface area contributed by atoms with Crippen molar-refractivity contribution in [1.29, 1.82) is 0 Å². The highest BCUT2D eigenvalue weighted by Gasteiger charge is 2.34. The molecule has 5 heteroatoms. The molecule has 1 amide bonds. The Morgan fingerprint density at radius 1 is 1.38 bits per heavy atom. The Labute approximate surface area is 126 Å². The minimum Gasteiger partial charge on any atom is -0.391 e. The van der Waals surface area contributed by atoms with Crippen LogP contribution in [0.3, 0.4) is 0 Å². The van der Waals surface area contributed by atoms with Crippen LogP contribution in [0.25, 0.3) is 0 Å². The van der Waals surface area contributed by atoms with Crippen LogP contribution in [0, 0.1) is 0 Å². The molecule has 0 bridgehead atoms. The van der Waals surface area contributed by atoms with Crippen LogP contribution >= 0.6 is 0 Å². The Morgan fingerprint density at radius 2 is 2.05 bits per heavy atom. The number of nitrogens with zero attached hydrogens (tertiary/aromatic N) is 2. The van der Waals surface area contributed by atoms with Crippen LogP contribution < -0.4 is 5.73 Å². The minimum absolute atomic E-state index is 0.00213. The maximum Gasteiger partial charge on any atom is 0.254 e. The van der Waals surface area contributed by atoms with E-state index in [-0.39, 0.29) is 11.9 Å². The number of hydrogen-bond donors (Lipinski definition) is 2. The number of β-amino-alcohol motifs (C(OH)–C–C–N with tert-alkyl or cyclic N) is 1. The van der Waals surface area contributed by atoms with Crippen molar-refractivity contribution in [3.63, 3.8) is 0 Å². The first-order valence-electron chi connectivity index (χ1n) is 7.44. The Bertz CT molecular complexity index is 473. The maximum atomic E-state index is 12.6. The summed E-state index contributed by atoms with van der Waals surface area (Å²) in [6.45, 7) is 1.80. The number of nitrogens with two attached hydrogens (primary N) is 1. The molecule has 116 valence electrons. The van der Waals surface area contributed by atoms with Crippen molar-refractivity contribution >= 4 is 5.91 Å². The lowest BCUT2D eigenvalue weighted by molar-refractivity contribution is 0.0699. The smallest absolute Gasteiger partial charge is 0.254 e. The van der Waals surface area contributed by atoms with Crippen LogP contribution in [0.15, 0.2) is 24.3 Å². The van der Waals surface area contributed by atoms with Crippen molar-refractivity contribution < 1.29 is 9.90 Å². The molecule has 2 atom stereocenters. The highest BCUT2D eigenvalue weighted by atomic mass is 16.3. The third kappa shape index (κ3) is 4.03. The fraction of sp³-hybridized carbons (Fsp3) is 0.562. The Kier molecular flexibility index (Phi) is 5.33. The van der Waals surface area contributed by atoms with Crippen LogP contribution in [0.1, 0.15) is 22.3 Å². The molecular weight excluding hydrogens is 266 g/mol. The molecular formula is C16H25N3O2. The normalized spacial score (nSPS) is 22.0. The molecule has 1 heterocycles. The molecule has 1 aliphatic rings. The van der Waals surface area contributed by atoms with E-state index in [1.165, 1.54) is 0 Å². The monoisotopic (exact) mass is 291 g/mol. The van der Waals surface area contributed by atoms with Gasteiger partial charge in [0.1, 0.15) is 0 Å². The van der Waals surface area contributed by atoms with E-state index < -0.39 is 6.10 Å². The quantitative estimate of drug-likeness (QED) is 0.820. The van der Waals surface area contributed by atoms with E-state index in [0.29, 0.717) is 25.1 Å². The lowest BCUT2D eigenvalue weighted by Gasteiger charge is -2.27. The van der Waals surface area contributed by atoms with E-state index >= 15 is 0 Å². The molecule has 0 aromatic heterocycles. The first kappa shape index (κ1) is 15.9. The largest absolute Gasteiger partial charge is 0.391 e. The highest BCUT2D eigenvalue weighted by molar-refractivity contribution is 5.94. The number of rotatable bonds is 5. The number of aliphatic hydroxyl groups is 1. The van der Waals surface area contributed by atoms with Gasteiger partial charge < -0.3 is 20.6 Å². The van der Waals surface area contributed by atoms with E-state index in [2.05, 4.69) is 0 Å². The zero-order valence-electron chi connectivity index (χ0n) is 12.8. The average Bonchev–Trinajstić information content (AvgIpc) is 2.79. The summed E-state index contributed by atoms with van der Waals surface area (Å²) in [7, 11) is 3.96. The van der Waals surface area contributed by atoms with Gasteiger partial charge in [0, 0.05) is 24.7 Å². The summed E-state index contributed by atoms with van der Waals surface area (Å²) in [5.74, 6) is -0.00213. The number of carbonyl (C=O) groups excluding carboxylic acids is 1. The fourth-order valence-corrected chi connectivity index (χ4v) is 2.88. The number of amides is 1. The van der Waals surface area contributed by atoms with Crippen molar-refractivity contribution in [2.45, 2.75) is 25.0 Å². The molecule has 0 radical (unpaired) electrons. The number of benzene rings is 1. The lowest BCUT2D eigenvalue weighted by Crippen LogP contribution is -2.41. The number of likely N-dealkylation sites (N-methyl/N-ethyl adjacent to an activating group) is 1. The van der Waals surface area contributed by atoms with Crippen molar-refractivity contribution in [2.24, 2.45) is 5.73 Å². The molecule has 5 nitrogen and oxygen atoms in total. The number of aliphatic hydroxyl groups excluding tert-OH is 1. The number of carbonyl (C=O) groups is 1. The Balaban J connectivity index is 2.10. The maximum absolute atomic E-state index is 12.6. The first-order chi connectivity index (χ1) is 10.0. The van der Waals surface area contributed by atoms with Crippen LogP contribution in [-0.4, -0.2) is 66.7 Å². The molecule has 2 rings (SSSR count). The zero-order chi connectivity index (χ0) is 15.4. The molecule has 1 fully saturated rings. The van der Waals surface area contributed by atoms with Crippen molar-refractivity contribution in [1.82, 2.24) is 9.80 Å². The molecule has 1 saturated heterocycles. The molecule has 1 aromatic rings. The highest BCUT2D eigenvalue weighted by Crippen LogP contribution is 2.21. The van der Waals surface area contributed by atoms with Gasteiger partial charge in [0.15, 0.2) is 0 Å². The van der Waals surface area contributed by atoms with Crippen molar-refractivity contribution in [3.8, 4) is 0 Å². The average molecular weight is 291 g/mol. The third-order valence-corrected chi connectivity index (χ3v) is 3.86. The number of hydrogen-bond acceptors (Lipinski definition) is 4. The summed E-state index contributed by atoms with van der Waals surface area (Å²) in [6, 6.07) is 7.68. The fourth-order valence-electron chi connectivity index (χ4n) is 2.88. The first-order valence-corrected chi connectivity index (χ1v) is 7.44. The minimum atomic E-state index is -0.421. The molecule has 3 N–H and O–H groups in total. The van der Waals surface area contributed by atoms with Gasteiger partial charge in [-0.05, 0) is 51.2 Å². The topological polar surface area (TPSA) is 69.8 Å². The lowest BCUT2D eigenvalue weighted by atomic mass is 10.1. The summed E-state index contributed by atoms with van der Waals surface area (Å²) in [5, 5.41) is 9.87. The van der Waals surface area contributed by atoms with Crippen LogP contribution in [0.2, 0.25) is 0 Å². The van der Waals surface area contributed by atoms with E-state index in [1.54, 1.807) is 4.90 Å². The van der Waals surface area contributed by atoms with Gasteiger partial charge in [-0.25, -0.2) is 0 Å². The molecule has 2 unspecified atom stereocenters. The van der Waals surface area contributed by atoms with E-state index in [1.807, 2.05) is 43.3 Å². The summed E-state index contributed by atoms with van der Waals surface area (Å²) >= 11 is 0. The van der Waals surface area contributed by atoms with Crippen molar-refractivity contribution in [3.05, 3.63) is 35.4 Å². The van der Waals surface area contributed by atoms with Gasteiger partial charge in [-0.1, -0.05) is 12.1 Å². The summed E-state index contributed by atoms with van der Waals surface area (Å²) in [5.41, 5.74) is 7.34. The van der Waals surface area contributed by atoms with Gasteiger partial charge in [0.2, 0.25) is 0 Å². The molecule has 0 saturated carbocycles. The van der Waals surface area contributed by atoms with Crippen LogP contribution in [-0.2, 0) is 6.42 Å². The van der Waals surface area contributed by atoms with Gasteiger partial charge in [-0.3, -0.25) is 4.79 Å². The van der Waals surface area contributed by atoms with Crippen LogP contribution in [0.5, 0.6) is 0 Å². The number of likely N-dealkylation sites (tertiary alicyclic amines) is 1. The Morgan fingerprint density at radius 3 is 2.62 bits per heavy atom. The molecule has 1 aromatic carbocycles. The standard InChI is InChI=1S/C16H25N3O2/c1-18(2)10-14-9-15(20)11-19(14)16(21)13-5-3-12(4-6-13)7-8-17/h3-6,14-15,20H,7-11,17H2,1-2H3. The summed E-state index contributed by atoms with van der Waals surface area (Å²) < 4.78 is 0. The summed E-state index contributed by atoms with van der Waals surface area (Å²) in [4.78, 5) is 16.5. The van der Waals surface area contributed by atoms with Gasteiger partial charge >= 0.3 is 0 Å². The molecule has 0 aliphatic carbocycles. The van der Waals surface area contributed by atoms with Crippen molar-refractivity contribution in [2.75, 3.05) is 33.7 Å². The van der Waals surface area contributed by atoms with Gasteiger partial charge in [-0.2, -0.15) is 0 Å². The SMILES string of the molecule is CN(C)CC1CC(O)CN1C(=O)c1ccc(CCN)cc1. The Hall–Kier alpha value is -1.43.